The van der Waals surface area contributed by atoms with Crippen molar-refractivity contribution in [2.75, 3.05) is 11.9 Å². The van der Waals surface area contributed by atoms with Crippen molar-refractivity contribution in [1.29, 1.82) is 0 Å². The van der Waals surface area contributed by atoms with Crippen LogP contribution in [0.15, 0.2) is 41.8 Å². The molecule has 1 aromatic heterocycles. The number of hydrogen-bond donors (Lipinski definition) is 1. The minimum atomic E-state index is 0.774. The second kappa shape index (κ2) is 5.19. The minimum absolute atomic E-state index is 0.774. The van der Waals surface area contributed by atoms with Crippen LogP contribution in [-0.4, -0.2) is 6.54 Å². The highest BCUT2D eigenvalue weighted by atomic mass is 35.5. The number of halogens is 1. The van der Waals surface area contributed by atoms with Crippen LogP contribution in [0, 0.1) is 0 Å². The van der Waals surface area contributed by atoms with Crippen molar-refractivity contribution in [2.45, 2.75) is 6.42 Å². The van der Waals surface area contributed by atoms with E-state index in [0.29, 0.717) is 0 Å². The minimum Gasteiger partial charge on any atom is -0.385 e. The van der Waals surface area contributed by atoms with Gasteiger partial charge in [-0.05, 0) is 36.1 Å². The number of benzene rings is 1. The largest absolute Gasteiger partial charge is 0.385 e. The molecule has 0 aliphatic rings. The Bertz CT molecular complexity index is 411. The average Bonchev–Trinajstić information content (AvgIpc) is 2.71. The zero-order valence-corrected chi connectivity index (χ0v) is 9.81. The smallest absolute Gasteiger partial charge is 0.0426 e. The predicted molar refractivity (Wildman–Crippen MR) is 68.0 cm³/mol. The van der Waals surface area contributed by atoms with Crippen LogP contribution in [0.3, 0.4) is 0 Å². The summed E-state index contributed by atoms with van der Waals surface area (Å²) in [6.07, 6.45) is 1.06. The summed E-state index contributed by atoms with van der Waals surface area (Å²) in [5.41, 5.74) is 1.08. The lowest BCUT2D eigenvalue weighted by Crippen LogP contribution is -2.03. The first-order valence-corrected chi connectivity index (χ1v) is 6.12. The van der Waals surface area contributed by atoms with Crippen molar-refractivity contribution in [3.63, 3.8) is 0 Å². The maximum atomic E-state index is 5.89. The maximum absolute atomic E-state index is 5.89. The molecule has 0 fully saturated rings. The van der Waals surface area contributed by atoms with Crippen molar-refractivity contribution in [2.24, 2.45) is 0 Å². The Morgan fingerprint density at radius 1 is 1.20 bits per heavy atom. The van der Waals surface area contributed by atoms with E-state index >= 15 is 0 Å². The van der Waals surface area contributed by atoms with Gasteiger partial charge in [-0.3, -0.25) is 0 Å². The molecule has 0 bridgehead atoms. The molecule has 0 aliphatic carbocycles. The van der Waals surface area contributed by atoms with E-state index in [1.165, 1.54) is 4.88 Å². The molecule has 0 spiro atoms. The lowest BCUT2D eigenvalue weighted by atomic mass is 10.3. The van der Waals surface area contributed by atoms with Gasteiger partial charge in [-0.25, -0.2) is 0 Å². The van der Waals surface area contributed by atoms with Crippen molar-refractivity contribution in [3.8, 4) is 0 Å². The predicted octanol–water partition coefficient (Wildman–Crippen LogP) is 4.06. The molecule has 0 saturated heterocycles. The van der Waals surface area contributed by atoms with Gasteiger partial charge in [0.1, 0.15) is 0 Å². The number of rotatable bonds is 4. The molecule has 0 unspecified atom stereocenters. The molecule has 1 aromatic carbocycles. The number of thiophene rings is 1. The van der Waals surface area contributed by atoms with Gasteiger partial charge in [-0.1, -0.05) is 23.7 Å². The topological polar surface area (TPSA) is 12.0 Å². The third-order valence-corrected chi connectivity index (χ3v) is 3.28. The van der Waals surface area contributed by atoms with Crippen LogP contribution in [0.4, 0.5) is 5.69 Å². The van der Waals surface area contributed by atoms with E-state index in [1.807, 2.05) is 24.3 Å². The maximum Gasteiger partial charge on any atom is 0.0426 e. The van der Waals surface area contributed by atoms with Crippen molar-refractivity contribution in [3.05, 3.63) is 51.7 Å². The Kier molecular flexibility index (Phi) is 3.64. The first-order valence-electron chi connectivity index (χ1n) is 4.86. The third-order valence-electron chi connectivity index (χ3n) is 2.11. The van der Waals surface area contributed by atoms with Crippen LogP contribution >= 0.6 is 22.9 Å². The van der Waals surface area contributed by atoms with Gasteiger partial charge in [0.05, 0.1) is 0 Å². The van der Waals surface area contributed by atoms with Gasteiger partial charge < -0.3 is 5.32 Å². The molecule has 2 rings (SSSR count). The summed E-state index contributed by atoms with van der Waals surface area (Å²) in [6.45, 7) is 0.945. The Labute approximate surface area is 98.7 Å². The van der Waals surface area contributed by atoms with E-state index in [-0.39, 0.29) is 0 Å². The first-order chi connectivity index (χ1) is 7.34. The third kappa shape index (κ3) is 3.26. The highest BCUT2D eigenvalue weighted by Gasteiger charge is 1.95. The molecule has 0 saturated carbocycles. The van der Waals surface area contributed by atoms with Crippen LogP contribution in [0.1, 0.15) is 4.88 Å². The second-order valence-electron chi connectivity index (χ2n) is 3.27. The number of nitrogens with one attached hydrogen (secondary N) is 1. The summed E-state index contributed by atoms with van der Waals surface area (Å²) in [5.74, 6) is 0. The van der Waals surface area contributed by atoms with Crippen LogP contribution < -0.4 is 5.32 Å². The van der Waals surface area contributed by atoms with Gasteiger partial charge >= 0.3 is 0 Å². The summed E-state index contributed by atoms with van der Waals surface area (Å²) in [6, 6.07) is 12.0. The zero-order valence-electron chi connectivity index (χ0n) is 8.24. The lowest BCUT2D eigenvalue weighted by Gasteiger charge is -2.05. The number of hydrogen-bond acceptors (Lipinski definition) is 2. The van der Waals surface area contributed by atoms with Gasteiger partial charge in [0, 0.05) is 22.1 Å². The van der Waals surface area contributed by atoms with Gasteiger partial charge in [0.25, 0.3) is 0 Å². The van der Waals surface area contributed by atoms with Crippen molar-refractivity contribution in [1.82, 2.24) is 0 Å². The summed E-state index contributed by atoms with van der Waals surface area (Å²) in [7, 11) is 0. The Morgan fingerprint density at radius 3 is 2.87 bits per heavy atom. The molecule has 0 amide bonds. The fourth-order valence-corrected chi connectivity index (χ4v) is 2.28. The molecule has 1 heterocycles. The molecule has 15 heavy (non-hydrogen) atoms. The monoisotopic (exact) mass is 237 g/mol. The van der Waals surface area contributed by atoms with Crippen LogP contribution in [0.25, 0.3) is 0 Å². The normalized spacial score (nSPS) is 10.2. The molecule has 1 nitrogen and oxygen atoms in total. The molecule has 0 atom stereocenters. The quantitative estimate of drug-likeness (QED) is 0.846. The average molecular weight is 238 g/mol. The molecule has 78 valence electrons. The van der Waals surface area contributed by atoms with Gasteiger partial charge in [-0.2, -0.15) is 0 Å². The molecule has 0 aliphatic heterocycles. The standard InChI is InChI=1S/C12H12ClNS/c13-10-3-1-4-11(9-10)14-7-6-12-5-2-8-15-12/h1-5,8-9,14H,6-7H2. The summed E-state index contributed by atoms with van der Waals surface area (Å²) in [4.78, 5) is 1.41. The summed E-state index contributed by atoms with van der Waals surface area (Å²) < 4.78 is 0. The Balaban J connectivity index is 1.83. The van der Waals surface area contributed by atoms with Crippen LogP contribution in [-0.2, 0) is 6.42 Å². The van der Waals surface area contributed by atoms with Gasteiger partial charge in [0.15, 0.2) is 0 Å². The van der Waals surface area contributed by atoms with Crippen LogP contribution in [0.2, 0.25) is 5.02 Å². The molecule has 0 radical (unpaired) electrons. The van der Waals surface area contributed by atoms with E-state index in [0.717, 1.165) is 23.7 Å². The van der Waals surface area contributed by atoms with E-state index in [9.17, 15) is 0 Å². The Morgan fingerprint density at radius 2 is 2.13 bits per heavy atom. The van der Waals surface area contributed by atoms with E-state index in [2.05, 4.69) is 22.8 Å². The first kappa shape index (κ1) is 10.5. The van der Waals surface area contributed by atoms with E-state index in [1.54, 1.807) is 11.3 Å². The zero-order chi connectivity index (χ0) is 10.5. The summed E-state index contributed by atoms with van der Waals surface area (Å²) in [5, 5.41) is 6.23. The Hall–Kier alpha value is -0.990. The van der Waals surface area contributed by atoms with Crippen molar-refractivity contribution >= 4 is 28.6 Å². The fraction of sp³-hybridized carbons (Fsp3) is 0.167. The van der Waals surface area contributed by atoms with Gasteiger partial charge in [0.2, 0.25) is 0 Å². The van der Waals surface area contributed by atoms with Gasteiger partial charge in [-0.15, -0.1) is 11.3 Å². The van der Waals surface area contributed by atoms with Crippen LogP contribution in [0.5, 0.6) is 0 Å². The second-order valence-corrected chi connectivity index (χ2v) is 4.74. The SMILES string of the molecule is Clc1cccc(NCCc2cccs2)c1. The molecule has 2 aromatic rings. The molecular formula is C12H12ClNS. The summed E-state index contributed by atoms with van der Waals surface area (Å²) >= 11 is 7.68. The van der Waals surface area contributed by atoms with Crippen molar-refractivity contribution < 1.29 is 0 Å². The molecule has 3 heteroatoms. The fourth-order valence-electron chi connectivity index (χ4n) is 1.38. The van der Waals surface area contributed by atoms with E-state index < -0.39 is 0 Å². The number of anilines is 1. The highest BCUT2D eigenvalue weighted by molar-refractivity contribution is 7.09. The highest BCUT2D eigenvalue weighted by Crippen LogP contribution is 2.15. The molecular weight excluding hydrogens is 226 g/mol. The molecule has 1 N–H and O–H groups in total. The lowest BCUT2D eigenvalue weighted by molar-refractivity contribution is 1.04. The van der Waals surface area contributed by atoms with E-state index in [4.69, 9.17) is 11.6 Å².